The van der Waals surface area contributed by atoms with Crippen molar-refractivity contribution < 1.29 is 0 Å². The molecule has 2 aliphatic carbocycles. The van der Waals surface area contributed by atoms with E-state index in [4.69, 9.17) is 0 Å². The maximum absolute atomic E-state index is 2.36. The van der Waals surface area contributed by atoms with Crippen molar-refractivity contribution in [3.63, 3.8) is 0 Å². The van der Waals surface area contributed by atoms with Gasteiger partial charge in [0.1, 0.15) is 0 Å². The largest absolute Gasteiger partial charge is 0.0776 e. The highest BCUT2D eigenvalue weighted by Gasteiger charge is 2.16. The molecule has 0 nitrogen and oxygen atoms in total. The monoisotopic (exact) mass is 284 g/mol. The molecule has 0 N–H and O–H groups in total. The summed E-state index contributed by atoms with van der Waals surface area (Å²) >= 11 is 0. The Kier molecular flexibility index (Phi) is 14.2. The van der Waals surface area contributed by atoms with Gasteiger partial charge in [0.2, 0.25) is 0 Å². The molecular formula is C20H44. The molecule has 0 spiro atoms. The summed E-state index contributed by atoms with van der Waals surface area (Å²) in [7, 11) is 0. The van der Waals surface area contributed by atoms with E-state index in [2.05, 4.69) is 27.7 Å². The van der Waals surface area contributed by atoms with E-state index in [1.54, 1.807) is 0 Å². The van der Waals surface area contributed by atoms with Crippen LogP contribution in [0.3, 0.4) is 0 Å². The normalized spacial score (nSPS) is 20.7. The van der Waals surface area contributed by atoms with Crippen molar-refractivity contribution >= 4 is 0 Å². The predicted octanol–water partition coefficient (Wildman–Crippen LogP) is 7.72. The van der Waals surface area contributed by atoms with Gasteiger partial charge in [-0.05, 0) is 23.7 Å². The van der Waals surface area contributed by atoms with Crippen molar-refractivity contribution in [1.82, 2.24) is 0 Å². The molecule has 124 valence electrons. The standard InChI is InChI=1S/2C9H18.2CH4/c2*1-8(2)9-6-4-3-5-7-9;;/h2*8-9H,3-7H2,1-2H3;2*1H4. The Morgan fingerprint density at radius 3 is 0.900 bits per heavy atom. The third-order valence-electron chi connectivity index (χ3n) is 5.19. The third-order valence-corrected chi connectivity index (χ3v) is 5.19. The highest BCUT2D eigenvalue weighted by Crippen LogP contribution is 2.29. The fourth-order valence-corrected chi connectivity index (χ4v) is 3.60. The Balaban J connectivity index is 0. The molecular weight excluding hydrogens is 240 g/mol. The van der Waals surface area contributed by atoms with Crippen molar-refractivity contribution in [3.05, 3.63) is 0 Å². The Morgan fingerprint density at radius 2 is 0.750 bits per heavy atom. The van der Waals surface area contributed by atoms with Crippen LogP contribution in [0.5, 0.6) is 0 Å². The van der Waals surface area contributed by atoms with Gasteiger partial charge in [0.05, 0.1) is 0 Å². The van der Waals surface area contributed by atoms with Gasteiger partial charge in [-0.3, -0.25) is 0 Å². The molecule has 2 fully saturated rings. The van der Waals surface area contributed by atoms with E-state index >= 15 is 0 Å². The smallest absolute Gasteiger partial charge is 0.0391 e. The van der Waals surface area contributed by atoms with Gasteiger partial charge in [0, 0.05) is 0 Å². The Morgan fingerprint density at radius 1 is 0.500 bits per heavy atom. The van der Waals surface area contributed by atoms with E-state index in [1.807, 2.05) is 0 Å². The molecule has 20 heavy (non-hydrogen) atoms. The van der Waals surface area contributed by atoms with Crippen LogP contribution in [0.15, 0.2) is 0 Å². The summed E-state index contributed by atoms with van der Waals surface area (Å²) < 4.78 is 0. The second-order valence-corrected chi connectivity index (χ2v) is 7.28. The zero-order valence-electron chi connectivity index (χ0n) is 13.4. The van der Waals surface area contributed by atoms with Crippen LogP contribution in [-0.2, 0) is 0 Å². The number of rotatable bonds is 2. The highest BCUT2D eigenvalue weighted by molar-refractivity contribution is 4.68. The zero-order valence-corrected chi connectivity index (χ0v) is 13.4. The quantitative estimate of drug-likeness (QED) is 0.487. The average molecular weight is 285 g/mol. The molecule has 0 saturated heterocycles. The van der Waals surface area contributed by atoms with E-state index in [0.717, 1.165) is 23.7 Å². The van der Waals surface area contributed by atoms with E-state index in [-0.39, 0.29) is 14.9 Å². The first-order valence-corrected chi connectivity index (χ1v) is 8.61. The van der Waals surface area contributed by atoms with Crippen molar-refractivity contribution in [3.8, 4) is 0 Å². The average Bonchev–Trinajstić information content (AvgIpc) is 2.41. The molecule has 0 heterocycles. The Hall–Kier alpha value is 0. The number of hydrogen-bond donors (Lipinski definition) is 0. The molecule has 0 aromatic rings. The maximum Gasteiger partial charge on any atom is -0.0391 e. The van der Waals surface area contributed by atoms with Crippen LogP contribution in [-0.4, -0.2) is 0 Å². The van der Waals surface area contributed by atoms with Crippen LogP contribution < -0.4 is 0 Å². The van der Waals surface area contributed by atoms with Gasteiger partial charge in [-0.2, -0.15) is 0 Å². The summed E-state index contributed by atoms with van der Waals surface area (Å²) in [4.78, 5) is 0. The van der Waals surface area contributed by atoms with Crippen LogP contribution in [0.25, 0.3) is 0 Å². The summed E-state index contributed by atoms with van der Waals surface area (Å²) in [6, 6.07) is 0. The van der Waals surface area contributed by atoms with E-state index < -0.39 is 0 Å². The van der Waals surface area contributed by atoms with E-state index in [0.29, 0.717) is 0 Å². The molecule has 0 radical (unpaired) electrons. The first kappa shape index (κ1) is 22.3. The van der Waals surface area contributed by atoms with Crippen molar-refractivity contribution in [2.45, 2.75) is 107 Å². The Labute approximate surface area is 131 Å². The number of hydrogen-bond acceptors (Lipinski definition) is 0. The SMILES string of the molecule is C.C.CC(C)C1CCCCC1.CC(C)C1CCCCC1. The molecule has 0 aliphatic heterocycles. The predicted molar refractivity (Wildman–Crippen MR) is 96.3 cm³/mol. The van der Waals surface area contributed by atoms with Crippen LogP contribution in [0, 0.1) is 23.7 Å². The van der Waals surface area contributed by atoms with Gasteiger partial charge in [0.25, 0.3) is 0 Å². The van der Waals surface area contributed by atoms with Gasteiger partial charge in [-0.15, -0.1) is 0 Å². The van der Waals surface area contributed by atoms with Gasteiger partial charge in [-0.1, -0.05) is 107 Å². The van der Waals surface area contributed by atoms with Gasteiger partial charge < -0.3 is 0 Å². The topological polar surface area (TPSA) is 0 Å². The first-order chi connectivity index (χ1) is 8.61. The molecule has 2 aliphatic rings. The first-order valence-electron chi connectivity index (χ1n) is 8.61. The molecule has 0 heteroatoms. The second kappa shape index (κ2) is 12.7. The van der Waals surface area contributed by atoms with Gasteiger partial charge >= 0.3 is 0 Å². The van der Waals surface area contributed by atoms with Crippen molar-refractivity contribution in [2.75, 3.05) is 0 Å². The van der Waals surface area contributed by atoms with Crippen LogP contribution in [0.2, 0.25) is 0 Å². The maximum atomic E-state index is 2.36. The van der Waals surface area contributed by atoms with Gasteiger partial charge in [0.15, 0.2) is 0 Å². The molecule has 2 rings (SSSR count). The zero-order chi connectivity index (χ0) is 13.4. The second-order valence-electron chi connectivity index (χ2n) is 7.28. The van der Waals surface area contributed by atoms with Crippen LogP contribution in [0.1, 0.15) is 107 Å². The lowest BCUT2D eigenvalue weighted by Crippen LogP contribution is -2.12. The summed E-state index contributed by atoms with van der Waals surface area (Å²) in [5.74, 6) is 3.98. The van der Waals surface area contributed by atoms with Gasteiger partial charge in [-0.25, -0.2) is 0 Å². The molecule has 0 unspecified atom stereocenters. The molecule has 0 aromatic carbocycles. The summed E-state index contributed by atoms with van der Waals surface area (Å²) in [5, 5.41) is 0. The Bertz CT molecular complexity index is 158. The lowest BCUT2D eigenvalue weighted by Gasteiger charge is -2.24. The summed E-state index contributed by atoms with van der Waals surface area (Å²) in [6.07, 6.45) is 14.9. The molecule has 0 amide bonds. The fourth-order valence-electron chi connectivity index (χ4n) is 3.60. The third kappa shape index (κ3) is 9.03. The fraction of sp³-hybridized carbons (Fsp3) is 1.00. The molecule has 0 atom stereocenters. The molecule has 0 aromatic heterocycles. The minimum atomic E-state index is 0. The summed E-state index contributed by atoms with van der Waals surface area (Å²) in [5.41, 5.74) is 0. The summed E-state index contributed by atoms with van der Waals surface area (Å²) in [6.45, 7) is 9.43. The minimum absolute atomic E-state index is 0. The van der Waals surface area contributed by atoms with E-state index in [1.165, 1.54) is 64.2 Å². The van der Waals surface area contributed by atoms with E-state index in [9.17, 15) is 0 Å². The highest BCUT2D eigenvalue weighted by atomic mass is 14.2. The molecule has 2 saturated carbocycles. The van der Waals surface area contributed by atoms with Crippen LogP contribution in [0.4, 0.5) is 0 Å². The molecule has 0 bridgehead atoms. The minimum Gasteiger partial charge on any atom is -0.0776 e. The lowest BCUT2D eigenvalue weighted by atomic mass is 9.82. The lowest BCUT2D eigenvalue weighted by molar-refractivity contribution is 0.279. The van der Waals surface area contributed by atoms with Crippen molar-refractivity contribution in [1.29, 1.82) is 0 Å². The van der Waals surface area contributed by atoms with Crippen LogP contribution >= 0.6 is 0 Å². The van der Waals surface area contributed by atoms with Crippen molar-refractivity contribution in [2.24, 2.45) is 23.7 Å².